The van der Waals surface area contributed by atoms with E-state index in [1.807, 2.05) is 18.2 Å². The van der Waals surface area contributed by atoms with Crippen molar-refractivity contribution in [3.63, 3.8) is 0 Å². The second kappa shape index (κ2) is 9.73. The molecule has 1 aromatic carbocycles. The van der Waals surface area contributed by atoms with Crippen molar-refractivity contribution in [2.75, 3.05) is 19.8 Å². The summed E-state index contributed by atoms with van der Waals surface area (Å²) in [5, 5.41) is 19.8. The number of hydrogen-bond donors (Lipinski definition) is 3. The van der Waals surface area contributed by atoms with E-state index in [-0.39, 0.29) is 26.4 Å². The third-order valence-corrected chi connectivity index (χ3v) is 2.53. The van der Waals surface area contributed by atoms with E-state index >= 15 is 0 Å². The topological polar surface area (TPSA) is 105 Å². The summed E-state index contributed by atoms with van der Waals surface area (Å²) in [4.78, 5) is 22.5. The molecule has 0 unspecified atom stereocenters. The van der Waals surface area contributed by atoms with Crippen molar-refractivity contribution in [3.8, 4) is 0 Å². The Hall–Kier alpha value is -2.12. The maximum atomic E-state index is 11.5. The number of aliphatic carboxylic acids is 1. The van der Waals surface area contributed by atoms with Crippen molar-refractivity contribution in [2.24, 2.45) is 0 Å². The molecule has 0 saturated carbocycles. The Morgan fingerprint density at radius 1 is 1.24 bits per heavy atom. The van der Waals surface area contributed by atoms with Crippen LogP contribution >= 0.6 is 0 Å². The molecule has 7 heteroatoms. The first kappa shape index (κ1) is 16.9. The van der Waals surface area contributed by atoms with E-state index in [2.05, 4.69) is 5.32 Å². The SMILES string of the molecule is O=C(N[C@@H](COCCCO)C(=O)O)OCc1ccccc1. The summed E-state index contributed by atoms with van der Waals surface area (Å²) in [7, 11) is 0. The maximum absolute atomic E-state index is 11.5. The van der Waals surface area contributed by atoms with Crippen molar-refractivity contribution in [1.82, 2.24) is 5.32 Å². The summed E-state index contributed by atoms with van der Waals surface area (Å²) in [6.07, 6.45) is -0.415. The molecule has 1 amide bonds. The summed E-state index contributed by atoms with van der Waals surface area (Å²) in [5.74, 6) is -1.21. The molecule has 3 N–H and O–H groups in total. The highest BCUT2D eigenvalue weighted by Crippen LogP contribution is 2.01. The molecule has 0 heterocycles. The lowest BCUT2D eigenvalue weighted by atomic mass is 10.2. The third-order valence-electron chi connectivity index (χ3n) is 2.53. The van der Waals surface area contributed by atoms with E-state index in [9.17, 15) is 9.59 Å². The lowest BCUT2D eigenvalue weighted by Crippen LogP contribution is -2.44. The number of benzene rings is 1. The monoisotopic (exact) mass is 297 g/mol. The van der Waals surface area contributed by atoms with E-state index in [1.54, 1.807) is 12.1 Å². The van der Waals surface area contributed by atoms with Gasteiger partial charge in [0.15, 0.2) is 6.04 Å². The summed E-state index contributed by atoms with van der Waals surface area (Å²) in [5.41, 5.74) is 0.804. The molecule has 1 aromatic rings. The first-order valence-corrected chi connectivity index (χ1v) is 6.52. The number of aliphatic hydroxyl groups is 1. The van der Waals surface area contributed by atoms with Crippen molar-refractivity contribution >= 4 is 12.1 Å². The highest BCUT2D eigenvalue weighted by molar-refractivity contribution is 5.79. The summed E-state index contributed by atoms with van der Waals surface area (Å²) < 4.78 is 9.98. The normalized spacial score (nSPS) is 11.7. The van der Waals surface area contributed by atoms with Crippen LogP contribution in [0.2, 0.25) is 0 Å². The average Bonchev–Trinajstić information content (AvgIpc) is 2.49. The van der Waals surface area contributed by atoms with Gasteiger partial charge in [0.05, 0.1) is 6.61 Å². The Labute approximate surface area is 122 Å². The number of aliphatic hydroxyl groups excluding tert-OH is 1. The third kappa shape index (κ3) is 7.28. The molecule has 0 saturated heterocycles. The number of hydrogen-bond acceptors (Lipinski definition) is 5. The van der Waals surface area contributed by atoms with Gasteiger partial charge < -0.3 is 25.0 Å². The van der Waals surface area contributed by atoms with Gasteiger partial charge in [0.2, 0.25) is 0 Å². The molecule has 0 radical (unpaired) electrons. The largest absolute Gasteiger partial charge is 0.480 e. The van der Waals surface area contributed by atoms with Crippen LogP contribution in [0, 0.1) is 0 Å². The van der Waals surface area contributed by atoms with Gasteiger partial charge in [0, 0.05) is 13.2 Å². The molecule has 0 spiro atoms. The minimum absolute atomic E-state index is 0.0374. The van der Waals surface area contributed by atoms with Gasteiger partial charge in [-0.2, -0.15) is 0 Å². The predicted molar refractivity (Wildman–Crippen MR) is 73.7 cm³/mol. The number of nitrogens with one attached hydrogen (secondary N) is 1. The van der Waals surface area contributed by atoms with Crippen LogP contribution in [-0.2, 0) is 20.9 Å². The quantitative estimate of drug-likeness (QED) is 0.581. The molecular formula is C14H19NO6. The number of amides is 1. The van der Waals surface area contributed by atoms with Crippen LogP contribution in [0.25, 0.3) is 0 Å². The smallest absolute Gasteiger partial charge is 0.408 e. The molecule has 0 bridgehead atoms. The van der Waals surface area contributed by atoms with Crippen LogP contribution in [0.3, 0.4) is 0 Å². The van der Waals surface area contributed by atoms with Crippen LogP contribution in [0.1, 0.15) is 12.0 Å². The molecule has 0 aromatic heterocycles. The summed E-state index contributed by atoms with van der Waals surface area (Å²) in [6, 6.07) is 7.86. The second-order valence-corrected chi connectivity index (χ2v) is 4.25. The van der Waals surface area contributed by atoms with Crippen LogP contribution < -0.4 is 5.32 Å². The number of ether oxygens (including phenoxy) is 2. The van der Waals surface area contributed by atoms with Crippen molar-refractivity contribution in [1.29, 1.82) is 0 Å². The van der Waals surface area contributed by atoms with Gasteiger partial charge in [0.1, 0.15) is 6.61 Å². The van der Waals surface area contributed by atoms with Crippen LogP contribution in [-0.4, -0.2) is 48.1 Å². The minimum atomic E-state index is -1.21. The van der Waals surface area contributed by atoms with Gasteiger partial charge in [-0.25, -0.2) is 9.59 Å². The highest BCUT2D eigenvalue weighted by Gasteiger charge is 2.20. The Kier molecular flexibility index (Phi) is 7.85. The van der Waals surface area contributed by atoms with Crippen LogP contribution in [0.15, 0.2) is 30.3 Å². The Balaban J connectivity index is 2.33. The zero-order valence-corrected chi connectivity index (χ0v) is 11.5. The van der Waals surface area contributed by atoms with Crippen molar-refractivity contribution < 1.29 is 29.3 Å². The van der Waals surface area contributed by atoms with E-state index in [1.165, 1.54) is 0 Å². The molecule has 21 heavy (non-hydrogen) atoms. The predicted octanol–water partition coefficient (Wildman–Crippen LogP) is 0.765. The molecule has 0 fully saturated rings. The first-order chi connectivity index (χ1) is 10.1. The van der Waals surface area contributed by atoms with Gasteiger partial charge in [-0.15, -0.1) is 0 Å². The Morgan fingerprint density at radius 3 is 2.57 bits per heavy atom. The van der Waals surface area contributed by atoms with Gasteiger partial charge in [-0.05, 0) is 12.0 Å². The Bertz CT molecular complexity index is 436. The molecule has 0 aliphatic heterocycles. The van der Waals surface area contributed by atoms with Gasteiger partial charge in [0.25, 0.3) is 0 Å². The summed E-state index contributed by atoms with van der Waals surface area (Å²) >= 11 is 0. The molecule has 1 atom stereocenters. The standard InChI is InChI=1S/C14H19NO6/c16-7-4-8-20-10-12(13(17)18)15-14(19)21-9-11-5-2-1-3-6-11/h1-3,5-6,12,16H,4,7-10H2,(H,15,19)(H,17,18)/t12-/m0/s1. The fourth-order valence-electron chi connectivity index (χ4n) is 1.45. The average molecular weight is 297 g/mol. The highest BCUT2D eigenvalue weighted by atomic mass is 16.5. The number of carboxylic acid groups (broad SMARTS) is 1. The van der Waals surface area contributed by atoms with Gasteiger partial charge >= 0.3 is 12.1 Å². The first-order valence-electron chi connectivity index (χ1n) is 6.52. The van der Waals surface area contributed by atoms with E-state index in [4.69, 9.17) is 19.7 Å². The van der Waals surface area contributed by atoms with E-state index in [0.717, 1.165) is 5.56 Å². The Morgan fingerprint density at radius 2 is 1.95 bits per heavy atom. The van der Waals surface area contributed by atoms with Gasteiger partial charge in [-0.3, -0.25) is 0 Å². The maximum Gasteiger partial charge on any atom is 0.408 e. The zero-order valence-electron chi connectivity index (χ0n) is 11.5. The zero-order chi connectivity index (χ0) is 15.5. The summed E-state index contributed by atoms with van der Waals surface area (Å²) in [6.45, 7) is 0.0610. The molecule has 7 nitrogen and oxygen atoms in total. The number of carboxylic acids is 1. The lowest BCUT2D eigenvalue weighted by Gasteiger charge is -2.14. The molecule has 0 aliphatic rings. The molecule has 0 aliphatic carbocycles. The molecular weight excluding hydrogens is 278 g/mol. The van der Waals surface area contributed by atoms with Crippen molar-refractivity contribution in [2.45, 2.75) is 19.1 Å². The molecule has 1 rings (SSSR count). The van der Waals surface area contributed by atoms with Gasteiger partial charge in [-0.1, -0.05) is 30.3 Å². The number of carbonyl (C=O) groups excluding carboxylic acids is 1. The minimum Gasteiger partial charge on any atom is -0.480 e. The van der Waals surface area contributed by atoms with E-state index in [0.29, 0.717) is 6.42 Å². The number of alkyl carbamates (subject to hydrolysis) is 1. The molecule has 116 valence electrons. The van der Waals surface area contributed by atoms with Crippen molar-refractivity contribution in [3.05, 3.63) is 35.9 Å². The second-order valence-electron chi connectivity index (χ2n) is 4.25. The number of carbonyl (C=O) groups is 2. The van der Waals surface area contributed by atoms with Crippen LogP contribution in [0.4, 0.5) is 4.79 Å². The van der Waals surface area contributed by atoms with Crippen LogP contribution in [0.5, 0.6) is 0 Å². The lowest BCUT2D eigenvalue weighted by molar-refractivity contribution is -0.141. The number of rotatable bonds is 9. The van der Waals surface area contributed by atoms with E-state index < -0.39 is 18.1 Å². The fraction of sp³-hybridized carbons (Fsp3) is 0.429. The fourth-order valence-corrected chi connectivity index (χ4v) is 1.45.